The van der Waals surface area contributed by atoms with Crippen molar-refractivity contribution in [2.24, 2.45) is 0 Å². The van der Waals surface area contributed by atoms with Crippen molar-refractivity contribution in [3.8, 4) is 0 Å². The van der Waals surface area contributed by atoms with Gasteiger partial charge in [0.1, 0.15) is 0 Å². The van der Waals surface area contributed by atoms with Gasteiger partial charge in [-0.15, -0.1) is 0 Å². The van der Waals surface area contributed by atoms with E-state index in [-0.39, 0.29) is 18.5 Å². The Balaban J connectivity index is 1.66. The van der Waals surface area contributed by atoms with Crippen LogP contribution in [0, 0.1) is 11.6 Å². The van der Waals surface area contributed by atoms with E-state index in [1.807, 2.05) is 37.3 Å². The summed E-state index contributed by atoms with van der Waals surface area (Å²) < 4.78 is 26.3. The molecule has 3 aromatic rings. The van der Waals surface area contributed by atoms with Crippen molar-refractivity contribution < 1.29 is 13.6 Å². The standard InChI is InChI=1S/C23H23F2N3O/c1-2-21(16-6-4-3-5-7-16)28-23(29)17-9-11-22(20(26)13-17)27-14-15-8-10-18(24)19(25)12-15/h3-13,21,27H,2,14,26H2,1H3,(H,28,29). The van der Waals surface area contributed by atoms with Crippen LogP contribution in [0.2, 0.25) is 0 Å². The van der Waals surface area contributed by atoms with E-state index < -0.39 is 11.6 Å². The molecule has 29 heavy (non-hydrogen) atoms. The van der Waals surface area contributed by atoms with Crippen molar-refractivity contribution in [3.05, 3.63) is 95.1 Å². The first-order valence-electron chi connectivity index (χ1n) is 9.41. The number of anilines is 2. The lowest BCUT2D eigenvalue weighted by molar-refractivity contribution is 0.0935. The number of rotatable bonds is 7. The highest BCUT2D eigenvalue weighted by molar-refractivity contribution is 5.96. The van der Waals surface area contributed by atoms with Gasteiger partial charge in [0, 0.05) is 12.1 Å². The van der Waals surface area contributed by atoms with Gasteiger partial charge >= 0.3 is 0 Å². The van der Waals surface area contributed by atoms with Crippen LogP contribution in [0.1, 0.15) is 40.9 Å². The highest BCUT2D eigenvalue weighted by Crippen LogP contribution is 2.22. The maximum absolute atomic E-state index is 13.3. The Morgan fingerprint density at radius 3 is 2.41 bits per heavy atom. The van der Waals surface area contributed by atoms with Gasteiger partial charge in [-0.2, -0.15) is 0 Å². The minimum Gasteiger partial charge on any atom is -0.397 e. The zero-order valence-electron chi connectivity index (χ0n) is 16.1. The van der Waals surface area contributed by atoms with Gasteiger partial charge in [-0.3, -0.25) is 4.79 Å². The van der Waals surface area contributed by atoms with E-state index in [2.05, 4.69) is 10.6 Å². The second kappa shape index (κ2) is 9.19. The van der Waals surface area contributed by atoms with Gasteiger partial charge in [-0.05, 0) is 47.9 Å². The molecule has 0 bridgehead atoms. The molecule has 4 nitrogen and oxygen atoms in total. The third kappa shape index (κ3) is 5.10. The first-order chi connectivity index (χ1) is 14.0. The number of hydrogen-bond acceptors (Lipinski definition) is 3. The number of carbonyl (C=O) groups is 1. The van der Waals surface area contributed by atoms with Crippen LogP contribution in [-0.4, -0.2) is 5.91 Å². The molecule has 0 aliphatic rings. The number of halogens is 2. The molecular formula is C23H23F2N3O. The third-order valence-corrected chi connectivity index (χ3v) is 4.70. The van der Waals surface area contributed by atoms with Crippen LogP contribution in [0.5, 0.6) is 0 Å². The first kappa shape index (κ1) is 20.3. The monoisotopic (exact) mass is 395 g/mol. The minimum atomic E-state index is -0.895. The molecule has 1 amide bonds. The molecule has 6 heteroatoms. The summed E-state index contributed by atoms with van der Waals surface area (Å²) in [6.45, 7) is 2.29. The number of nitrogens with two attached hydrogens (primary N) is 1. The van der Waals surface area contributed by atoms with E-state index in [0.717, 1.165) is 24.1 Å². The van der Waals surface area contributed by atoms with Crippen LogP contribution in [-0.2, 0) is 6.54 Å². The summed E-state index contributed by atoms with van der Waals surface area (Å²) in [5, 5.41) is 6.10. The van der Waals surface area contributed by atoms with Gasteiger partial charge in [-0.1, -0.05) is 43.3 Å². The van der Waals surface area contributed by atoms with Crippen LogP contribution >= 0.6 is 0 Å². The minimum absolute atomic E-state index is 0.0869. The summed E-state index contributed by atoms with van der Waals surface area (Å²) in [4.78, 5) is 12.6. The second-order valence-corrected chi connectivity index (χ2v) is 6.75. The zero-order chi connectivity index (χ0) is 20.8. The SMILES string of the molecule is CCC(NC(=O)c1ccc(NCc2ccc(F)c(F)c2)c(N)c1)c1ccccc1. The Hall–Kier alpha value is -3.41. The molecule has 1 unspecified atom stereocenters. The maximum atomic E-state index is 13.3. The van der Waals surface area contributed by atoms with Crippen LogP contribution in [0.3, 0.4) is 0 Å². The molecule has 3 rings (SSSR count). The molecule has 0 spiro atoms. The molecule has 0 aromatic heterocycles. The smallest absolute Gasteiger partial charge is 0.251 e. The Labute approximate surface area is 168 Å². The molecule has 0 fully saturated rings. The predicted octanol–water partition coefficient (Wildman–Crippen LogP) is 5.04. The quantitative estimate of drug-likeness (QED) is 0.491. The second-order valence-electron chi connectivity index (χ2n) is 6.75. The molecule has 1 atom stereocenters. The molecule has 0 aliphatic carbocycles. The third-order valence-electron chi connectivity index (χ3n) is 4.70. The Morgan fingerprint density at radius 1 is 1.00 bits per heavy atom. The van der Waals surface area contributed by atoms with E-state index >= 15 is 0 Å². The molecule has 0 saturated heterocycles. The fourth-order valence-electron chi connectivity index (χ4n) is 3.06. The molecule has 150 valence electrons. The Morgan fingerprint density at radius 2 is 1.76 bits per heavy atom. The van der Waals surface area contributed by atoms with Gasteiger partial charge < -0.3 is 16.4 Å². The van der Waals surface area contributed by atoms with Gasteiger partial charge in [0.05, 0.1) is 17.4 Å². The van der Waals surface area contributed by atoms with E-state index in [9.17, 15) is 13.6 Å². The number of amides is 1. The fraction of sp³-hybridized carbons (Fsp3) is 0.174. The van der Waals surface area contributed by atoms with Crippen molar-refractivity contribution in [2.75, 3.05) is 11.1 Å². The molecule has 3 aromatic carbocycles. The lowest BCUT2D eigenvalue weighted by atomic mass is 10.0. The normalized spacial score (nSPS) is 11.7. The number of hydrogen-bond donors (Lipinski definition) is 3. The van der Waals surface area contributed by atoms with Crippen molar-refractivity contribution >= 4 is 17.3 Å². The highest BCUT2D eigenvalue weighted by atomic mass is 19.2. The summed E-state index contributed by atoms with van der Waals surface area (Å²) >= 11 is 0. The maximum Gasteiger partial charge on any atom is 0.251 e. The number of carbonyl (C=O) groups excluding carboxylic acids is 1. The van der Waals surface area contributed by atoms with E-state index in [4.69, 9.17) is 5.73 Å². The van der Waals surface area contributed by atoms with Crippen LogP contribution in [0.4, 0.5) is 20.2 Å². The average molecular weight is 395 g/mol. The lowest BCUT2D eigenvalue weighted by Crippen LogP contribution is -2.28. The first-order valence-corrected chi connectivity index (χ1v) is 9.41. The van der Waals surface area contributed by atoms with Gasteiger partial charge in [0.15, 0.2) is 11.6 Å². The molecule has 0 heterocycles. The lowest BCUT2D eigenvalue weighted by Gasteiger charge is -2.18. The summed E-state index contributed by atoms with van der Waals surface area (Å²) in [5.41, 5.74) is 9.16. The number of benzene rings is 3. The summed E-state index contributed by atoms with van der Waals surface area (Å²) in [6.07, 6.45) is 0.763. The van der Waals surface area contributed by atoms with Gasteiger partial charge in [0.25, 0.3) is 5.91 Å². The Bertz CT molecular complexity index is 993. The van der Waals surface area contributed by atoms with Crippen molar-refractivity contribution in [1.29, 1.82) is 0 Å². The number of nitrogens with one attached hydrogen (secondary N) is 2. The van der Waals surface area contributed by atoms with Crippen molar-refractivity contribution in [1.82, 2.24) is 5.32 Å². The molecule has 0 aliphatic heterocycles. The Kier molecular flexibility index (Phi) is 6.44. The largest absolute Gasteiger partial charge is 0.397 e. The topological polar surface area (TPSA) is 67.2 Å². The van der Waals surface area contributed by atoms with Crippen LogP contribution in [0.15, 0.2) is 66.7 Å². The summed E-state index contributed by atoms with van der Waals surface area (Å²) in [7, 11) is 0. The zero-order valence-corrected chi connectivity index (χ0v) is 16.1. The van der Waals surface area contributed by atoms with Crippen molar-refractivity contribution in [3.63, 3.8) is 0 Å². The molecule has 0 saturated carbocycles. The molecular weight excluding hydrogens is 372 g/mol. The predicted molar refractivity (Wildman–Crippen MR) is 111 cm³/mol. The summed E-state index contributed by atoms with van der Waals surface area (Å²) in [6, 6.07) is 18.4. The average Bonchev–Trinajstić information content (AvgIpc) is 2.74. The number of nitrogen functional groups attached to an aromatic ring is 1. The van der Waals surface area contributed by atoms with Gasteiger partial charge in [0.2, 0.25) is 0 Å². The summed E-state index contributed by atoms with van der Waals surface area (Å²) in [5.74, 6) is -1.99. The fourth-order valence-corrected chi connectivity index (χ4v) is 3.06. The molecule has 4 N–H and O–H groups in total. The van der Waals surface area contributed by atoms with Gasteiger partial charge in [-0.25, -0.2) is 8.78 Å². The van der Waals surface area contributed by atoms with E-state index in [0.29, 0.717) is 22.5 Å². The van der Waals surface area contributed by atoms with Crippen LogP contribution < -0.4 is 16.4 Å². The van der Waals surface area contributed by atoms with Crippen molar-refractivity contribution in [2.45, 2.75) is 25.9 Å². The molecule has 0 radical (unpaired) electrons. The highest BCUT2D eigenvalue weighted by Gasteiger charge is 2.15. The van der Waals surface area contributed by atoms with E-state index in [1.165, 1.54) is 6.07 Å². The van der Waals surface area contributed by atoms with E-state index in [1.54, 1.807) is 18.2 Å². The van der Waals surface area contributed by atoms with Crippen LogP contribution in [0.25, 0.3) is 0 Å².